The Morgan fingerprint density at radius 1 is 1.09 bits per heavy atom. The van der Waals surface area contributed by atoms with Crippen LogP contribution in [0.4, 0.5) is 11.4 Å². The molecule has 0 N–H and O–H groups in total. The molecule has 2 amide bonds. The van der Waals surface area contributed by atoms with Gasteiger partial charge in [-0.3, -0.25) is 19.7 Å². The molecule has 4 aliphatic rings. The van der Waals surface area contributed by atoms with Gasteiger partial charge in [0.1, 0.15) is 5.69 Å². The maximum atomic E-state index is 12.8. The van der Waals surface area contributed by atoms with E-state index in [2.05, 4.69) is 15.9 Å². The van der Waals surface area contributed by atoms with Gasteiger partial charge in [-0.05, 0) is 36.8 Å². The molecule has 4 atom stereocenters. The summed E-state index contributed by atoms with van der Waals surface area (Å²) in [5, 5.41) is 11.3. The molecule has 1 aromatic carbocycles. The van der Waals surface area contributed by atoms with Crippen LogP contribution in [-0.2, 0) is 9.59 Å². The molecule has 7 heteroatoms. The monoisotopic (exact) mass is 376 g/mol. The van der Waals surface area contributed by atoms with Crippen molar-refractivity contribution >= 4 is 39.1 Å². The first-order valence-corrected chi connectivity index (χ1v) is 8.28. The SMILES string of the molecule is O=C1[C@@H]2[C@@H](C(=O)N1c1ccc(Br)cc1[N+](=O)[O-])[C@H]1C=C[C@@H]2CC1. The van der Waals surface area contributed by atoms with Crippen LogP contribution in [-0.4, -0.2) is 16.7 Å². The third kappa shape index (κ3) is 1.99. The largest absolute Gasteiger partial charge is 0.294 e. The highest BCUT2D eigenvalue weighted by Gasteiger charge is 2.57. The fourth-order valence-corrected chi connectivity index (χ4v) is 4.49. The first-order chi connectivity index (χ1) is 11.0. The highest BCUT2D eigenvalue weighted by Crippen LogP contribution is 2.51. The molecule has 0 aromatic heterocycles. The zero-order chi connectivity index (χ0) is 16.3. The van der Waals surface area contributed by atoms with Crippen LogP contribution in [0.1, 0.15) is 12.8 Å². The van der Waals surface area contributed by atoms with E-state index < -0.39 is 4.92 Å². The number of hydrogen-bond acceptors (Lipinski definition) is 4. The molecular weight excluding hydrogens is 364 g/mol. The van der Waals surface area contributed by atoms with Crippen molar-refractivity contribution in [1.82, 2.24) is 0 Å². The third-order valence-corrected chi connectivity index (χ3v) is 5.63. The number of nitro benzene ring substituents is 1. The molecule has 5 rings (SSSR count). The lowest BCUT2D eigenvalue weighted by Gasteiger charge is -2.38. The normalized spacial score (nSPS) is 31.6. The van der Waals surface area contributed by atoms with Crippen LogP contribution in [0.25, 0.3) is 0 Å². The quantitative estimate of drug-likeness (QED) is 0.343. The van der Waals surface area contributed by atoms with Crippen molar-refractivity contribution in [3.8, 4) is 0 Å². The highest BCUT2D eigenvalue weighted by molar-refractivity contribution is 9.10. The van der Waals surface area contributed by atoms with E-state index in [1.807, 2.05) is 12.2 Å². The summed E-state index contributed by atoms with van der Waals surface area (Å²) in [6, 6.07) is 4.40. The Labute approximate surface area is 140 Å². The zero-order valence-electron chi connectivity index (χ0n) is 12.0. The lowest BCUT2D eigenvalue weighted by atomic mass is 9.63. The van der Waals surface area contributed by atoms with Gasteiger partial charge in [0.2, 0.25) is 11.8 Å². The second-order valence-corrected chi connectivity index (χ2v) is 7.16. The van der Waals surface area contributed by atoms with Gasteiger partial charge in [0, 0.05) is 10.5 Å². The average Bonchev–Trinajstić information content (AvgIpc) is 2.82. The first kappa shape index (κ1) is 14.6. The molecule has 1 aromatic rings. The van der Waals surface area contributed by atoms with Crippen molar-refractivity contribution < 1.29 is 14.5 Å². The van der Waals surface area contributed by atoms with Gasteiger partial charge in [-0.25, -0.2) is 4.90 Å². The van der Waals surface area contributed by atoms with E-state index in [0.717, 1.165) is 17.7 Å². The Hall–Kier alpha value is -2.02. The summed E-state index contributed by atoms with van der Waals surface area (Å²) >= 11 is 3.19. The van der Waals surface area contributed by atoms with Crippen LogP contribution in [0.5, 0.6) is 0 Å². The van der Waals surface area contributed by atoms with Gasteiger partial charge in [-0.1, -0.05) is 28.1 Å². The lowest BCUT2D eigenvalue weighted by Crippen LogP contribution is -2.38. The van der Waals surface area contributed by atoms with E-state index in [-0.39, 0.29) is 46.9 Å². The topological polar surface area (TPSA) is 80.5 Å². The predicted octanol–water partition coefficient (Wildman–Crippen LogP) is 3.06. The van der Waals surface area contributed by atoms with Gasteiger partial charge >= 0.3 is 0 Å². The molecule has 3 aliphatic carbocycles. The van der Waals surface area contributed by atoms with Crippen LogP contribution < -0.4 is 4.90 Å². The van der Waals surface area contributed by atoms with E-state index in [4.69, 9.17) is 0 Å². The summed E-state index contributed by atoms with van der Waals surface area (Å²) in [5.74, 6) is -1.19. The minimum atomic E-state index is -0.560. The number of allylic oxidation sites excluding steroid dienone is 2. The van der Waals surface area contributed by atoms with Crippen LogP contribution >= 0.6 is 15.9 Å². The fraction of sp³-hybridized carbons (Fsp3) is 0.375. The standard InChI is InChI=1S/C16H13BrN2O4/c17-10-5-6-11(12(7-10)19(22)23)18-15(20)13-8-1-2-9(4-3-8)14(13)16(18)21/h1-2,5-9,13-14H,3-4H2/t8-,9+,13-,14-/m0/s1. The van der Waals surface area contributed by atoms with Crippen molar-refractivity contribution in [2.24, 2.45) is 23.7 Å². The Kier molecular flexibility index (Phi) is 3.16. The van der Waals surface area contributed by atoms with E-state index in [0.29, 0.717) is 4.47 Å². The van der Waals surface area contributed by atoms with E-state index in [1.165, 1.54) is 12.1 Å². The van der Waals surface area contributed by atoms with Crippen LogP contribution in [0.2, 0.25) is 0 Å². The number of nitrogens with zero attached hydrogens (tertiary/aromatic N) is 2. The smallest absolute Gasteiger partial charge is 0.274 e. The van der Waals surface area contributed by atoms with Crippen molar-refractivity contribution in [3.63, 3.8) is 0 Å². The van der Waals surface area contributed by atoms with Crippen LogP contribution in [0.3, 0.4) is 0 Å². The number of nitro groups is 1. The number of anilines is 1. The van der Waals surface area contributed by atoms with Crippen molar-refractivity contribution in [2.75, 3.05) is 4.90 Å². The summed E-state index contributed by atoms with van der Waals surface area (Å²) in [7, 11) is 0. The molecule has 2 fully saturated rings. The van der Waals surface area contributed by atoms with Gasteiger partial charge in [-0.2, -0.15) is 0 Å². The molecule has 0 unspecified atom stereocenters. The molecule has 1 aliphatic heterocycles. The first-order valence-electron chi connectivity index (χ1n) is 7.49. The fourth-order valence-electron chi connectivity index (χ4n) is 4.14. The number of imide groups is 1. The van der Waals surface area contributed by atoms with Crippen LogP contribution in [0, 0.1) is 33.8 Å². The van der Waals surface area contributed by atoms with E-state index >= 15 is 0 Å². The molecule has 118 valence electrons. The number of halogens is 1. The molecule has 1 saturated heterocycles. The number of fused-ring (bicyclic) bond motifs is 1. The average molecular weight is 377 g/mol. The summed E-state index contributed by atoms with van der Waals surface area (Å²) in [5.41, 5.74) is -0.165. The Bertz CT molecular complexity index is 743. The maximum absolute atomic E-state index is 12.8. The van der Waals surface area contributed by atoms with Gasteiger partial charge in [-0.15, -0.1) is 0 Å². The second kappa shape index (κ2) is 4.99. The Morgan fingerprint density at radius 2 is 1.65 bits per heavy atom. The number of amides is 2. The van der Waals surface area contributed by atoms with Gasteiger partial charge in [0.05, 0.1) is 16.8 Å². The molecule has 1 saturated carbocycles. The Morgan fingerprint density at radius 3 is 2.13 bits per heavy atom. The summed E-state index contributed by atoms with van der Waals surface area (Å²) in [6.07, 6.45) is 5.86. The zero-order valence-corrected chi connectivity index (χ0v) is 13.6. The van der Waals surface area contributed by atoms with E-state index in [9.17, 15) is 19.7 Å². The minimum absolute atomic E-state index is 0.0703. The van der Waals surface area contributed by atoms with E-state index in [1.54, 1.807) is 6.07 Å². The van der Waals surface area contributed by atoms with Crippen molar-refractivity contribution in [3.05, 3.63) is 44.9 Å². The predicted molar refractivity (Wildman–Crippen MR) is 85.6 cm³/mol. The molecule has 6 nitrogen and oxygen atoms in total. The lowest BCUT2D eigenvalue weighted by molar-refractivity contribution is -0.384. The molecule has 2 bridgehead atoms. The van der Waals surface area contributed by atoms with Gasteiger partial charge in [0.25, 0.3) is 5.69 Å². The minimum Gasteiger partial charge on any atom is -0.274 e. The molecule has 23 heavy (non-hydrogen) atoms. The summed E-state index contributed by atoms with van der Waals surface area (Å²) < 4.78 is 0.534. The third-order valence-electron chi connectivity index (χ3n) is 5.13. The Balaban J connectivity index is 1.81. The second-order valence-electron chi connectivity index (χ2n) is 6.24. The van der Waals surface area contributed by atoms with Crippen molar-refractivity contribution in [2.45, 2.75) is 12.8 Å². The highest BCUT2D eigenvalue weighted by atomic mass is 79.9. The molecule has 0 spiro atoms. The number of carbonyl (C=O) groups is 2. The molecular formula is C16H13BrN2O4. The molecule has 1 heterocycles. The number of rotatable bonds is 2. The van der Waals surface area contributed by atoms with Gasteiger partial charge < -0.3 is 0 Å². The number of benzene rings is 1. The van der Waals surface area contributed by atoms with Gasteiger partial charge in [0.15, 0.2) is 0 Å². The number of hydrogen-bond donors (Lipinski definition) is 0. The maximum Gasteiger partial charge on any atom is 0.294 e. The number of carbonyl (C=O) groups excluding carboxylic acids is 2. The van der Waals surface area contributed by atoms with Crippen LogP contribution in [0.15, 0.2) is 34.8 Å². The molecule has 0 radical (unpaired) electrons. The summed E-state index contributed by atoms with van der Waals surface area (Å²) in [6.45, 7) is 0. The summed E-state index contributed by atoms with van der Waals surface area (Å²) in [4.78, 5) is 37.5. The van der Waals surface area contributed by atoms with Crippen molar-refractivity contribution in [1.29, 1.82) is 0 Å².